The van der Waals surface area contributed by atoms with Gasteiger partial charge < -0.3 is 25.2 Å². The van der Waals surface area contributed by atoms with Gasteiger partial charge in [-0.25, -0.2) is 14.8 Å². The third-order valence-corrected chi connectivity index (χ3v) is 5.99. The summed E-state index contributed by atoms with van der Waals surface area (Å²) in [5.41, 5.74) is 0.392. The highest BCUT2D eigenvalue weighted by molar-refractivity contribution is 6.00. The first kappa shape index (κ1) is 24.8. The lowest BCUT2D eigenvalue weighted by Gasteiger charge is -2.31. The van der Waals surface area contributed by atoms with Gasteiger partial charge in [-0.05, 0) is 58.6 Å². The van der Waals surface area contributed by atoms with Gasteiger partial charge >= 0.3 is 6.09 Å². The van der Waals surface area contributed by atoms with E-state index in [1.807, 2.05) is 6.07 Å². The van der Waals surface area contributed by atoms with Crippen LogP contribution in [0.15, 0.2) is 30.6 Å². The minimum atomic E-state index is -0.703. The smallest absolute Gasteiger partial charge is 0.415 e. The number of hydrogen-bond donors (Lipinski definition) is 3. The summed E-state index contributed by atoms with van der Waals surface area (Å²) in [6.07, 6.45) is 5.20. The second-order valence-electron chi connectivity index (χ2n) is 10.4. The molecular weight excluding hydrogens is 478 g/mol. The quantitative estimate of drug-likeness (QED) is 0.438. The fourth-order valence-corrected chi connectivity index (χ4v) is 3.86. The molecule has 0 bridgehead atoms. The Morgan fingerprint density at radius 1 is 1.24 bits per heavy atom. The summed E-state index contributed by atoms with van der Waals surface area (Å²) in [5.74, 6) is 0.791. The number of nitrogens with one attached hydrogen (secondary N) is 2. The van der Waals surface area contributed by atoms with E-state index in [1.165, 1.54) is 15.6 Å². The summed E-state index contributed by atoms with van der Waals surface area (Å²) >= 11 is 0. The number of nitrogens with zero attached hydrogens (tertiary/aromatic N) is 5. The minimum Gasteiger partial charge on any atom is -0.473 e. The Hall–Kier alpha value is -3.93. The predicted octanol–water partition coefficient (Wildman–Crippen LogP) is 3.03. The van der Waals surface area contributed by atoms with Gasteiger partial charge in [0.1, 0.15) is 34.6 Å². The topological polar surface area (TPSA) is 143 Å². The van der Waals surface area contributed by atoms with Crippen LogP contribution in [-0.4, -0.2) is 67.6 Å². The van der Waals surface area contributed by atoms with E-state index < -0.39 is 17.8 Å². The van der Waals surface area contributed by atoms with E-state index in [0.717, 1.165) is 12.8 Å². The van der Waals surface area contributed by atoms with Gasteiger partial charge in [-0.3, -0.25) is 9.69 Å². The SMILES string of the molecule is CN(C(=O)OC(C)(C)C)c1cc(Nc2cccnc2OC2CC2)nc2c(C(=O)N[C@H]3C[C@H](O)C3)cnn12. The number of anilines is 3. The molecule has 2 saturated carbocycles. The summed E-state index contributed by atoms with van der Waals surface area (Å²) < 4.78 is 12.9. The molecule has 37 heavy (non-hydrogen) atoms. The third-order valence-electron chi connectivity index (χ3n) is 5.99. The van der Waals surface area contributed by atoms with Crippen molar-refractivity contribution >= 4 is 35.0 Å². The molecule has 0 unspecified atom stereocenters. The second kappa shape index (κ2) is 9.51. The molecular formula is C25H31N7O5. The molecule has 2 aliphatic rings. The maximum Gasteiger partial charge on any atom is 0.415 e. The predicted molar refractivity (Wildman–Crippen MR) is 135 cm³/mol. The molecule has 3 aromatic rings. The molecule has 2 amide bonds. The van der Waals surface area contributed by atoms with Crippen LogP contribution in [0.5, 0.6) is 5.88 Å². The van der Waals surface area contributed by atoms with Crippen LogP contribution in [0.25, 0.3) is 5.65 Å². The van der Waals surface area contributed by atoms with Crippen molar-refractivity contribution in [2.24, 2.45) is 0 Å². The number of rotatable bonds is 7. The molecule has 0 saturated heterocycles. The first-order chi connectivity index (χ1) is 17.6. The molecule has 196 valence electrons. The van der Waals surface area contributed by atoms with Gasteiger partial charge in [0.2, 0.25) is 5.88 Å². The van der Waals surface area contributed by atoms with Gasteiger partial charge in [-0.1, -0.05) is 0 Å². The zero-order chi connectivity index (χ0) is 26.3. The van der Waals surface area contributed by atoms with E-state index in [2.05, 4.69) is 25.7 Å². The number of hydrogen-bond acceptors (Lipinski definition) is 9. The maximum absolute atomic E-state index is 13.0. The van der Waals surface area contributed by atoms with Gasteiger partial charge in [-0.15, -0.1) is 0 Å². The van der Waals surface area contributed by atoms with Gasteiger partial charge in [0.15, 0.2) is 5.65 Å². The molecule has 5 rings (SSSR count). The van der Waals surface area contributed by atoms with E-state index in [9.17, 15) is 14.7 Å². The molecule has 3 N–H and O–H groups in total. The molecule has 2 fully saturated rings. The summed E-state index contributed by atoms with van der Waals surface area (Å²) in [5, 5.41) is 20.0. The molecule has 3 aromatic heterocycles. The Kier molecular flexibility index (Phi) is 6.36. The molecule has 0 radical (unpaired) electrons. The fourth-order valence-electron chi connectivity index (χ4n) is 3.86. The minimum absolute atomic E-state index is 0.111. The Morgan fingerprint density at radius 3 is 2.68 bits per heavy atom. The van der Waals surface area contributed by atoms with Gasteiger partial charge in [0.05, 0.1) is 12.3 Å². The van der Waals surface area contributed by atoms with E-state index >= 15 is 0 Å². The molecule has 2 aliphatic carbocycles. The maximum atomic E-state index is 13.0. The summed E-state index contributed by atoms with van der Waals surface area (Å²) in [6.45, 7) is 5.35. The molecule has 3 heterocycles. The molecule has 0 aliphatic heterocycles. The number of carbonyl (C=O) groups is 2. The molecule has 0 aromatic carbocycles. The number of aliphatic hydroxyl groups is 1. The van der Waals surface area contributed by atoms with Gasteiger partial charge in [0.25, 0.3) is 5.91 Å². The van der Waals surface area contributed by atoms with Crippen molar-refractivity contribution in [3.8, 4) is 5.88 Å². The van der Waals surface area contributed by atoms with Crippen LogP contribution < -0.4 is 20.3 Å². The standard InChI is InChI=1S/C25H31N7O5/c1-25(2,3)37-24(35)31(4)20-12-19(29-18-6-5-9-26-23(18)36-16-7-8-16)30-21-17(13-27-32(20)21)22(34)28-14-10-15(33)11-14/h5-6,9,12-16,33H,7-8,10-11H2,1-4H3,(H,28,34)(H,29,30)/t14-,15-. The third kappa shape index (κ3) is 5.58. The number of carbonyl (C=O) groups excluding carboxylic acids is 2. The Morgan fingerprint density at radius 2 is 2.00 bits per heavy atom. The first-order valence-corrected chi connectivity index (χ1v) is 12.3. The van der Waals surface area contributed by atoms with Crippen molar-refractivity contribution in [2.75, 3.05) is 17.3 Å². The average Bonchev–Trinajstić information content (AvgIpc) is 3.52. The van der Waals surface area contributed by atoms with Crippen LogP contribution in [0.1, 0.15) is 56.8 Å². The van der Waals surface area contributed by atoms with Gasteiger partial charge in [-0.2, -0.15) is 9.61 Å². The lowest BCUT2D eigenvalue weighted by atomic mass is 9.89. The molecule has 12 nitrogen and oxygen atoms in total. The largest absolute Gasteiger partial charge is 0.473 e. The monoisotopic (exact) mass is 509 g/mol. The highest BCUT2D eigenvalue weighted by Gasteiger charge is 2.31. The highest BCUT2D eigenvalue weighted by atomic mass is 16.6. The van der Waals surface area contributed by atoms with Crippen LogP contribution in [0.4, 0.5) is 22.1 Å². The van der Waals surface area contributed by atoms with Crippen molar-refractivity contribution in [3.63, 3.8) is 0 Å². The van der Waals surface area contributed by atoms with Crippen molar-refractivity contribution < 1.29 is 24.2 Å². The number of aromatic nitrogens is 4. The number of fused-ring (bicyclic) bond motifs is 1. The molecule has 0 atom stereocenters. The second-order valence-corrected chi connectivity index (χ2v) is 10.4. The molecule has 12 heteroatoms. The number of pyridine rings is 1. The van der Waals surface area contributed by atoms with Crippen LogP contribution in [0.3, 0.4) is 0 Å². The van der Waals surface area contributed by atoms with E-state index in [-0.39, 0.29) is 29.3 Å². The van der Waals surface area contributed by atoms with E-state index in [1.54, 1.807) is 46.1 Å². The zero-order valence-electron chi connectivity index (χ0n) is 21.3. The lowest BCUT2D eigenvalue weighted by Crippen LogP contribution is -2.46. The van der Waals surface area contributed by atoms with E-state index in [0.29, 0.717) is 36.0 Å². The van der Waals surface area contributed by atoms with Gasteiger partial charge in [0, 0.05) is 25.4 Å². The highest BCUT2D eigenvalue weighted by Crippen LogP contribution is 2.32. The van der Waals surface area contributed by atoms with E-state index in [4.69, 9.17) is 9.47 Å². The number of ether oxygens (including phenoxy) is 2. The molecule has 0 spiro atoms. The normalized spacial score (nSPS) is 19.2. The van der Waals surface area contributed by atoms with Crippen molar-refractivity contribution in [1.29, 1.82) is 0 Å². The Labute approximate surface area is 214 Å². The van der Waals surface area contributed by atoms with Crippen molar-refractivity contribution in [2.45, 2.75) is 70.3 Å². The fraction of sp³-hybridized carbons (Fsp3) is 0.480. The van der Waals surface area contributed by atoms with Crippen LogP contribution in [0, 0.1) is 0 Å². The Bertz CT molecular complexity index is 1320. The number of aliphatic hydroxyl groups excluding tert-OH is 1. The van der Waals surface area contributed by atoms with Crippen LogP contribution in [-0.2, 0) is 4.74 Å². The van der Waals surface area contributed by atoms with Crippen molar-refractivity contribution in [3.05, 3.63) is 36.2 Å². The first-order valence-electron chi connectivity index (χ1n) is 12.3. The van der Waals surface area contributed by atoms with Crippen LogP contribution in [0.2, 0.25) is 0 Å². The average molecular weight is 510 g/mol. The summed E-state index contributed by atoms with van der Waals surface area (Å²) in [4.78, 5) is 36.2. The zero-order valence-corrected chi connectivity index (χ0v) is 21.3. The number of amides is 2. The Balaban J connectivity index is 1.52. The summed E-state index contributed by atoms with van der Waals surface area (Å²) in [7, 11) is 1.56. The van der Waals surface area contributed by atoms with Crippen molar-refractivity contribution in [1.82, 2.24) is 24.9 Å². The lowest BCUT2D eigenvalue weighted by molar-refractivity contribution is 0.0560. The van der Waals surface area contributed by atoms with Crippen LogP contribution >= 0.6 is 0 Å². The summed E-state index contributed by atoms with van der Waals surface area (Å²) in [6, 6.07) is 5.13.